The van der Waals surface area contributed by atoms with Gasteiger partial charge in [0.1, 0.15) is 11.9 Å². The Morgan fingerprint density at radius 2 is 1.83 bits per heavy atom. The maximum absolute atomic E-state index is 11.6. The molecule has 1 unspecified atom stereocenters. The van der Waals surface area contributed by atoms with Crippen LogP contribution in [0.25, 0.3) is 0 Å². The predicted molar refractivity (Wildman–Crippen MR) is 90.9 cm³/mol. The number of rotatable bonds is 2. The molecule has 0 aliphatic carbocycles. The minimum atomic E-state index is -0.321. The second kappa shape index (κ2) is 6.24. The van der Waals surface area contributed by atoms with Crippen LogP contribution in [0.4, 0.5) is 0 Å². The molecule has 4 heteroatoms. The molecule has 23 heavy (non-hydrogen) atoms. The molecule has 0 spiro atoms. The molecule has 0 saturated carbocycles. The smallest absolute Gasteiger partial charge is 0.337 e. The monoisotopic (exact) mass is 308 g/mol. The fourth-order valence-electron chi connectivity index (χ4n) is 2.84. The van der Waals surface area contributed by atoms with E-state index in [4.69, 9.17) is 9.73 Å². The highest BCUT2D eigenvalue weighted by atomic mass is 16.5. The van der Waals surface area contributed by atoms with E-state index in [9.17, 15) is 4.79 Å². The third-order valence-corrected chi connectivity index (χ3v) is 4.14. The number of hydrogen-bond acceptors (Lipinski definition) is 4. The van der Waals surface area contributed by atoms with Crippen LogP contribution in [0, 0.1) is 0 Å². The summed E-state index contributed by atoms with van der Waals surface area (Å²) in [6, 6.07) is 15.9. The topological polar surface area (TPSA) is 41.9 Å². The van der Waals surface area contributed by atoms with Gasteiger partial charge in [-0.15, -0.1) is 0 Å². The van der Waals surface area contributed by atoms with Gasteiger partial charge in [0.25, 0.3) is 0 Å². The molecule has 1 aliphatic rings. The fraction of sp³-hybridized carbons (Fsp3) is 0.263. The summed E-state index contributed by atoms with van der Waals surface area (Å²) in [6.45, 7) is 0. The Bertz CT molecular complexity index is 748. The van der Waals surface area contributed by atoms with E-state index < -0.39 is 0 Å². The van der Waals surface area contributed by atoms with Crippen LogP contribution in [0.2, 0.25) is 0 Å². The highest BCUT2D eigenvalue weighted by Crippen LogP contribution is 2.33. The van der Waals surface area contributed by atoms with Crippen molar-refractivity contribution in [2.45, 2.75) is 12.5 Å². The third-order valence-electron chi connectivity index (χ3n) is 4.14. The lowest BCUT2D eigenvalue weighted by atomic mass is 9.90. The van der Waals surface area contributed by atoms with E-state index in [2.05, 4.69) is 23.1 Å². The number of fused-ring (bicyclic) bond motifs is 1. The Morgan fingerprint density at radius 3 is 2.48 bits per heavy atom. The molecule has 1 aliphatic heterocycles. The molecule has 2 aromatic carbocycles. The SMILES string of the molecule is COC(=O)c1ccc(C2N=C(N(C)C)Cc3ccccc32)cc1. The fourth-order valence-corrected chi connectivity index (χ4v) is 2.84. The minimum absolute atomic E-state index is 0.0379. The highest BCUT2D eigenvalue weighted by molar-refractivity contribution is 5.89. The van der Waals surface area contributed by atoms with Gasteiger partial charge in [-0.05, 0) is 28.8 Å². The normalized spacial score (nSPS) is 16.3. The van der Waals surface area contributed by atoms with Gasteiger partial charge in [0.2, 0.25) is 0 Å². The zero-order valence-electron chi connectivity index (χ0n) is 13.6. The van der Waals surface area contributed by atoms with Gasteiger partial charge >= 0.3 is 5.97 Å². The van der Waals surface area contributed by atoms with E-state index in [1.54, 1.807) is 12.1 Å². The van der Waals surface area contributed by atoms with Gasteiger partial charge < -0.3 is 9.64 Å². The van der Waals surface area contributed by atoms with E-state index in [0.29, 0.717) is 5.56 Å². The number of esters is 1. The number of aliphatic imine (C=N–C) groups is 1. The van der Waals surface area contributed by atoms with Crippen LogP contribution in [0.3, 0.4) is 0 Å². The Hall–Kier alpha value is -2.62. The first-order valence-electron chi connectivity index (χ1n) is 7.60. The molecular formula is C19H20N2O2. The van der Waals surface area contributed by atoms with Crippen molar-refractivity contribution in [3.8, 4) is 0 Å². The summed E-state index contributed by atoms with van der Waals surface area (Å²) < 4.78 is 4.75. The summed E-state index contributed by atoms with van der Waals surface area (Å²) in [5.74, 6) is 0.740. The van der Waals surface area contributed by atoms with Crippen molar-refractivity contribution >= 4 is 11.8 Å². The zero-order chi connectivity index (χ0) is 16.4. The predicted octanol–water partition coefficient (Wildman–Crippen LogP) is 3.08. The molecule has 0 saturated heterocycles. The number of likely N-dealkylation sites (N-methyl/N-ethyl adjacent to an activating group) is 1. The molecule has 0 amide bonds. The van der Waals surface area contributed by atoms with Crippen molar-refractivity contribution in [2.75, 3.05) is 21.2 Å². The molecule has 0 N–H and O–H groups in total. The molecule has 1 heterocycles. The molecule has 3 rings (SSSR count). The maximum atomic E-state index is 11.6. The molecule has 1 atom stereocenters. The van der Waals surface area contributed by atoms with Crippen LogP contribution in [-0.2, 0) is 11.2 Å². The lowest BCUT2D eigenvalue weighted by molar-refractivity contribution is 0.0600. The van der Waals surface area contributed by atoms with E-state index in [-0.39, 0.29) is 12.0 Å². The highest BCUT2D eigenvalue weighted by Gasteiger charge is 2.23. The van der Waals surface area contributed by atoms with Crippen LogP contribution in [0.15, 0.2) is 53.5 Å². The van der Waals surface area contributed by atoms with E-state index in [0.717, 1.165) is 17.8 Å². The van der Waals surface area contributed by atoms with E-state index in [1.807, 2.05) is 32.3 Å². The first kappa shape index (κ1) is 15.3. The van der Waals surface area contributed by atoms with Crippen LogP contribution in [0.1, 0.15) is 33.1 Å². The lowest BCUT2D eigenvalue weighted by Crippen LogP contribution is -2.28. The second-order valence-corrected chi connectivity index (χ2v) is 5.83. The Kier molecular flexibility index (Phi) is 4.15. The number of carbonyl (C=O) groups excluding carboxylic acids is 1. The van der Waals surface area contributed by atoms with Crippen LogP contribution >= 0.6 is 0 Å². The van der Waals surface area contributed by atoms with Crippen LogP contribution in [-0.4, -0.2) is 37.9 Å². The van der Waals surface area contributed by atoms with E-state index >= 15 is 0 Å². The first-order valence-corrected chi connectivity index (χ1v) is 7.60. The zero-order valence-corrected chi connectivity index (χ0v) is 13.6. The molecule has 0 radical (unpaired) electrons. The van der Waals surface area contributed by atoms with Gasteiger partial charge in [0.05, 0.1) is 12.7 Å². The number of ether oxygens (including phenoxy) is 1. The number of nitrogens with zero attached hydrogens (tertiary/aromatic N) is 2. The molecular weight excluding hydrogens is 288 g/mol. The van der Waals surface area contributed by atoms with Crippen molar-refractivity contribution in [1.29, 1.82) is 0 Å². The molecule has 0 fully saturated rings. The Morgan fingerprint density at radius 1 is 1.13 bits per heavy atom. The number of methoxy groups -OCH3 is 1. The Labute approximate surface area is 136 Å². The summed E-state index contributed by atoms with van der Waals surface area (Å²) >= 11 is 0. The maximum Gasteiger partial charge on any atom is 0.337 e. The summed E-state index contributed by atoms with van der Waals surface area (Å²) in [7, 11) is 5.43. The average Bonchev–Trinajstić information content (AvgIpc) is 2.60. The van der Waals surface area contributed by atoms with Crippen molar-refractivity contribution in [3.05, 3.63) is 70.8 Å². The summed E-state index contributed by atoms with van der Waals surface area (Å²) in [6.07, 6.45) is 0.847. The average molecular weight is 308 g/mol. The molecule has 118 valence electrons. The van der Waals surface area contributed by atoms with Gasteiger partial charge in [-0.2, -0.15) is 0 Å². The second-order valence-electron chi connectivity index (χ2n) is 5.83. The van der Waals surface area contributed by atoms with Gasteiger partial charge in [-0.1, -0.05) is 36.4 Å². The van der Waals surface area contributed by atoms with E-state index in [1.165, 1.54) is 18.2 Å². The quantitative estimate of drug-likeness (QED) is 0.801. The largest absolute Gasteiger partial charge is 0.465 e. The van der Waals surface area contributed by atoms with Gasteiger partial charge in [0.15, 0.2) is 0 Å². The number of carbonyl (C=O) groups is 1. The lowest BCUT2D eigenvalue weighted by Gasteiger charge is -2.27. The van der Waals surface area contributed by atoms with Gasteiger partial charge in [-0.3, -0.25) is 4.99 Å². The molecule has 4 nitrogen and oxygen atoms in total. The summed E-state index contributed by atoms with van der Waals surface area (Å²) in [5.41, 5.74) is 4.15. The standard InChI is InChI=1S/C19H20N2O2/c1-21(2)17-12-15-6-4-5-7-16(15)18(20-17)13-8-10-14(11-9-13)19(22)23-3/h4-11,18H,12H2,1-3H3. The Balaban J connectivity index is 2.01. The summed E-state index contributed by atoms with van der Waals surface area (Å²) in [4.78, 5) is 18.6. The molecule has 0 aromatic heterocycles. The van der Waals surface area contributed by atoms with Crippen LogP contribution in [0.5, 0.6) is 0 Å². The number of benzene rings is 2. The van der Waals surface area contributed by atoms with Crippen molar-refractivity contribution in [1.82, 2.24) is 4.90 Å². The minimum Gasteiger partial charge on any atom is -0.465 e. The van der Waals surface area contributed by atoms with Crippen molar-refractivity contribution in [3.63, 3.8) is 0 Å². The van der Waals surface area contributed by atoms with Gasteiger partial charge in [0, 0.05) is 20.5 Å². The third kappa shape index (κ3) is 2.97. The number of amidine groups is 1. The number of hydrogen-bond donors (Lipinski definition) is 0. The van der Waals surface area contributed by atoms with Crippen molar-refractivity contribution < 1.29 is 9.53 Å². The molecule has 2 aromatic rings. The molecule has 0 bridgehead atoms. The van der Waals surface area contributed by atoms with Crippen LogP contribution < -0.4 is 0 Å². The van der Waals surface area contributed by atoms with Crippen molar-refractivity contribution in [2.24, 2.45) is 4.99 Å². The van der Waals surface area contributed by atoms with Gasteiger partial charge in [-0.25, -0.2) is 4.79 Å². The first-order chi connectivity index (χ1) is 11.1. The summed E-state index contributed by atoms with van der Waals surface area (Å²) in [5, 5.41) is 0.